The molecule has 0 amide bonds. The Balaban J connectivity index is 2.37. The predicted molar refractivity (Wildman–Crippen MR) is 69.5 cm³/mol. The second kappa shape index (κ2) is 7.80. The Hall–Kier alpha value is -0.450. The smallest absolute Gasteiger partial charge is 0.124 e. The predicted octanol–water partition coefficient (Wildman–Crippen LogP) is 3.31. The van der Waals surface area contributed by atoms with Gasteiger partial charge in [-0.25, -0.2) is 4.39 Å². The summed E-state index contributed by atoms with van der Waals surface area (Å²) in [5.74, 6) is -0.276. The van der Waals surface area contributed by atoms with Crippen molar-refractivity contribution in [1.29, 1.82) is 0 Å². The lowest BCUT2D eigenvalue weighted by molar-refractivity contribution is 0.0823. The van der Waals surface area contributed by atoms with Crippen LogP contribution in [-0.4, -0.2) is 24.4 Å². The van der Waals surface area contributed by atoms with Gasteiger partial charge in [-0.2, -0.15) is 0 Å². The molecular weight excluding hydrogens is 287 g/mol. The van der Waals surface area contributed by atoms with Crippen molar-refractivity contribution in [2.24, 2.45) is 0 Å². The third-order valence-corrected chi connectivity index (χ3v) is 3.15. The maximum Gasteiger partial charge on any atom is 0.124 e. The van der Waals surface area contributed by atoms with Gasteiger partial charge in [-0.1, -0.05) is 28.9 Å². The molecular formula is C13H18BrFO2. The standard InChI is InChI=1S/C13H18BrFO2/c1-2-6-17-7-5-12(16)8-10-3-4-11(15)9-13(10)14/h3-4,9,12,16H,2,5-8H2,1H3. The van der Waals surface area contributed by atoms with Gasteiger partial charge < -0.3 is 9.84 Å². The monoisotopic (exact) mass is 304 g/mol. The van der Waals surface area contributed by atoms with Crippen LogP contribution in [0.5, 0.6) is 0 Å². The summed E-state index contributed by atoms with van der Waals surface area (Å²) in [7, 11) is 0. The van der Waals surface area contributed by atoms with E-state index in [-0.39, 0.29) is 5.82 Å². The Bertz CT molecular complexity index is 344. The molecule has 0 aliphatic rings. The molecule has 0 saturated carbocycles. The summed E-state index contributed by atoms with van der Waals surface area (Å²) in [5, 5.41) is 9.80. The highest BCUT2D eigenvalue weighted by Crippen LogP contribution is 2.20. The first kappa shape index (κ1) is 14.6. The molecule has 1 aromatic carbocycles. The molecule has 1 unspecified atom stereocenters. The van der Waals surface area contributed by atoms with E-state index < -0.39 is 6.10 Å². The highest BCUT2D eigenvalue weighted by molar-refractivity contribution is 9.10. The van der Waals surface area contributed by atoms with E-state index in [2.05, 4.69) is 15.9 Å². The van der Waals surface area contributed by atoms with Gasteiger partial charge in [0.1, 0.15) is 5.82 Å². The Labute approximate surface area is 110 Å². The normalized spacial score (nSPS) is 12.7. The zero-order chi connectivity index (χ0) is 12.7. The van der Waals surface area contributed by atoms with Crippen LogP contribution in [0, 0.1) is 5.82 Å². The van der Waals surface area contributed by atoms with E-state index in [4.69, 9.17) is 4.74 Å². The van der Waals surface area contributed by atoms with Crippen molar-refractivity contribution in [1.82, 2.24) is 0 Å². The lowest BCUT2D eigenvalue weighted by atomic mass is 10.1. The van der Waals surface area contributed by atoms with Crippen LogP contribution >= 0.6 is 15.9 Å². The third kappa shape index (κ3) is 5.61. The number of rotatable bonds is 7. The zero-order valence-corrected chi connectivity index (χ0v) is 11.5. The number of ether oxygens (including phenoxy) is 1. The van der Waals surface area contributed by atoms with Crippen LogP contribution in [0.4, 0.5) is 4.39 Å². The Morgan fingerprint density at radius 2 is 2.18 bits per heavy atom. The fraction of sp³-hybridized carbons (Fsp3) is 0.538. The topological polar surface area (TPSA) is 29.5 Å². The van der Waals surface area contributed by atoms with E-state index in [1.54, 1.807) is 6.07 Å². The van der Waals surface area contributed by atoms with Gasteiger partial charge in [-0.15, -0.1) is 0 Å². The van der Waals surface area contributed by atoms with Gasteiger partial charge in [-0.3, -0.25) is 0 Å². The molecule has 1 N–H and O–H groups in total. The van der Waals surface area contributed by atoms with Gasteiger partial charge >= 0.3 is 0 Å². The van der Waals surface area contributed by atoms with Gasteiger partial charge in [0.05, 0.1) is 6.10 Å². The summed E-state index contributed by atoms with van der Waals surface area (Å²) in [6.07, 6.45) is 1.65. The van der Waals surface area contributed by atoms with Crippen molar-refractivity contribution in [3.8, 4) is 0 Å². The third-order valence-electron chi connectivity index (χ3n) is 2.41. The molecule has 1 atom stereocenters. The minimum atomic E-state index is -0.450. The summed E-state index contributed by atoms with van der Waals surface area (Å²) in [6, 6.07) is 4.51. The minimum absolute atomic E-state index is 0.276. The fourth-order valence-electron chi connectivity index (χ4n) is 1.51. The maximum absolute atomic E-state index is 12.9. The quantitative estimate of drug-likeness (QED) is 0.783. The van der Waals surface area contributed by atoms with Crippen LogP contribution in [0.25, 0.3) is 0 Å². The van der Waals surface area contributed by atoms with Gasteiger partial charge in [0.25, 0.3) is 0 Å². The van der Waals surface area contributed by atoms with Crippen molar-refractivity contribution in [3.05, 3.63) is 34.1 Å². The van der Waals surface area contributed by atoms with Crippen molar-refractivity contribution in [3.63, 3.8) is 0 Å². The largest absolute Gasteiger partial charge is 0.393 e. The van der Waals surface area contributed by atoms with Crippen LogP contribution in [0.1, 0.15) is 25.3 Å². The van der Waals surface area contributed by atoms with Crippen LogP contribution in [0.3, 0.4) is 0 Å². The molecule has 0 aliphatic carbocycles. The SMILES string of the molecule is CCCOCCC(O)Cc1ccc(F)cc1Br. The molecule has 0 aromatic heterocycles. The van der Waals surface area contributed by atoms with E-state index >= 15 is 0 Å². The van der Waals surface area contributed by atoms with Gasteiger partial charge in [0.2, 0.25) is 0 Å². The average molecular weight is 305 g/mol. The lowest BCUT2D eigenvalue weighted by Gasteiger charge is -2.12. The number of hydrogen-bond acceptors (Lipinski definition) is 2. The minimum Gasteiger partial charge on any atom is -0.393 e. The summed E-state index contributed by atoms with van der Waals surface area (Å²) < 4.78 is 18.9. The van der Waals surface area contributed by atoms with Crippen molar-refractivity contribution in [2.45, 2.75) is 32.3 Å². The number of aliphatic hydroxyl groups is 1. The van der Waals surface area contributed by atoms with Gasteiger partial charge in [-0.05, 0) is 37.0 Å². The van der Waals surface area contributed by atoms with Gasteiger partial charge in [0, 0.05) is 17.7 Å². The maximum atomic E-state index is 12.9. The first-order valence-electron chi connectivity index (χ1n) is 5.83. The molecule has 96 valence electrons. The Kier molecular flexibility index (Phi) is 6.70. The molecule has 0 saturated heterocycles. The van der Waals surface area contributed by atoms with E-state index in [1.165, 1.54) is 12.1 Å². The van der Waals surface area contributed by atoms with Gasteiger partial charge in [0.15, 0.2) is 0 Å². The summed E-state index contributed by atoms with van der Waals surface area (Å²) in [6.45, 7) is 3.34. The second-order valence-electron chi connectivity index (χ2n) is 3.99. The second-order valence-corrected chi connectivity index (χ2v) is 4.85. The Morgan fingerprint density at radius 3 is 2.82 bits per heavy atom. The lowest BCUT2D eigenvalue weighted by Crippen LogP contribution is -2.14. The number of hydrogen-bond donors (Lipinski definition) is 1. The number of benzene rings is 1. The molecule has 0 spiro atoms. The molecule has 1 rings (SSSR count). The van der Waals surface area contributed by atoms with E-state index in [1.807, 2.05) is 6.92 Å². The highest BCUT2D eigenvalue weighted by Gasteiger charge is 2.09. The average Bonchev–Trinajstić information content (AvgIpc) is 2.28. The molecule has 0 aliphatic heterocycles. The molecule has 2 nitrogen and oxygen atoms in total. The molecule has 0 heterocycles. The van der Waals surface area contributed by atoms with Crippen LogP contribution in [-0.2, 0) is 11.2 Å². The van der Waals surface area contributed by atoms with E-state index in [9.17, 15) is 9.50 Å². The van der Waals surface area contributed by atoms with Crippen molar-refractivity contribution in [2.75, 3.05) is 13.2 Å². The molecule has 0 fully saturated rings. The Morgan fingerprint density at radius 1 is 1.41 bits per heavy atom. The fourth-order valence-corrected chi connectivity index (χ4v) is 2.02. The number of aliphatic hydroxyl groups excluding tert-OH is 1. The summed E-state index contributed by atoms with van der Waals surface area (Å²) in [5.41, 5.74) is 0.911. The summed E-state index contributed by atoms with van der Waals surface area (Å²) in [4.78, 5) is 0. The van der Waals surface area contributed by atoms with Crippen molar-refractivity contribution >= 4 is 15.9 Å². The molecule has 17 heavy (non-hydrogen) atoms. The molecule has 4 heteroatoms. The van der Waals surface area contributed by atoms with Crippen LogP contribution < -0.4 is 0 Å². The van der Waals surface area contributed by atoms with E-state index in [0.717, 1.165) is 18.6 Å². The molecule has 0 bridgehead atoms. The first-order valence-corrected chi connectivity index (χ1v) is 6.62. The molecule has 1 aromatic rings. The van der Waals surface area contributed by atoms with Crippen LogP contribution in [0.2, 0.25) is 0 Å². The molecule has 0 radical (unpaired) electrons. The van der Waals surface area contributed by atoms with Crippen molar-refractivity contribution < 1.29 is 14.2 Å². The first-order chi connectivity index (χ1) is 8.13. The van der Waals surface area contributed by atoms with E-state index in [0.29, 0.717) is 23.9 Å². The summed E-state index contributed by atoms with van der Waals surface area (Å²) >= 11 is 3.29. The zero-order valence-electron chi connectivity index (χ0n) is 9.96. The number of halogens is 2. The highest BCUT2D eigenvalue weighted by atomic mass is 79.9. The van der Waals surface area contributed by atoms with Crippen LogP contribution in [0.15, 0.2) is 22.7 Å².